The first-order valence-electron chi connectivity index (χ1n) is 6.46. The van der Waals surface area contributed by atoms with Crippen LogP contribution >= 0.6 is 11.3 Å². The first-order valence-corrected chi connectivity index (χ1v) is 7.34. The molecule has 0 aliphatic carbocycles. The molecule has 0 bridgehead atoms. The third-order valence-corrected chi connectivity index (χ3v) is 3.98. The fourth-order valence-corrected chi connectivity index (χ4v) is 2.89. The number of thiazole rings is 1. The molecule has 3 aromatic rings. The van der Waals surface area contributed by atoms with Gasteiger partial charge in [0.2, 0.25) is 5.95 Å². The SMILES string of the molecule is CCC(Nc1nc(N)nc2ccccc12)c1nccs1. The molecule has 0 aliphatic rings. The Morgan fingerprint density at radius 3 is 2.90 bits per heavy atom. The lowest BCUT2D eigenvalue weighted by Gasteiger charge is -2.16. The highest BCUT2D eigenvalue weighted by Gasteiger charge is 2.14. The second-order valence-electron chi connectivity index (χ2n) is 4.42. The number of nitrogens with zero attached hydrogens (tertiary/aromatic N) is 3. The minimum atomic E-state index is 0.132. The van der Waals surface area contributed by atoms with E-state index in [9.17, 15) is 0 Å². The Labute approximate surface area is 120 Å². The van der Waals surface area contributed by atoms with E-state index in [0.717, 1.165) is 28.1 Å². The lowest BCUT2D eigenvalue weighted by Crippen LogP contribution is -2.12. The van der Waals surface area contributed by atoms with Gasteiger partial charge >= 0.3 is 0 Å². The number of nitrogen functional groups attached to an aromatic ring is 1. The van der Waals surface area contributed by atoms with Crippen molar-refractivity contribution < 1.29 is 0 Å². The molecular weight excluding hydrogens is 270 g/mol. The molecule has 6 heteroatoms. The highest BCUT2D eigenvalue weighted by atomic mass is 32.1. The zero-order chi connectivity index (χ0) is 13.9. The molecule has 102 valence electrons. The Hall–Kier alpha value is -2.21. The Morgan fingerprint density at radius 1 is 1.30 bits per heavy atom. The zero-order valence-corrected chi connectivity index (χ0v) is 11.9. The first kappa shape index (κ1) is 12.8. The van der Waals surface area contributed by atoms with Crippen LogP contribution in [0.4, 0.5) is 11.8 Å². The van der Waals surface area contributed by atoms with E-state index in [-0.39, 0.29) is 12.0 Å². The minimum Gasteiger partial charge on any atom is -0.368 e. The fraction of sp³-hybridized carbons (Fsp3) is 0.214. The standard InChI is InChI=1S/C14H15N5S/c1-2-10(13-16-7-8-20-13)17-12-9-5-3-4-6-11(9)18-14(15)19-12/h3-8,10H,2H2,1H3,(H3,15,17,18,19). The third-order valence-electron chi connectivity index (χ3n) is 3.09. The van der Waals surface area contributed by atoms with Crippen molar-refractivity contribution >= 4 is 34.0 Å². The highest BCUT2D eigenvalue weighted by molar-refractivity contribution is 7.09. The van der Waals surface area contributed by atoms with E-state index in [0.29, 0.717) is 0 Å². The minimum absolute atomic E-state index is 0.132. The van der Waals surface area contributed by atoms with Gasteiger partial charge in [-0.05, 0) is 18.6 Å². The van der Waals surface area contributed by atoms with E-state index in [1.54, 1.807) is 11.3 Å². The Morgan fingerprint density at radius 2 is 2.15 bits per heavy atom. The highest BCUT2D eigenvalue weighted by Crippen LogP contribution is 2.27. The summed E-state index contributed by atoms with van der Waals surface area (Å²) in [6.45, 7) is 2.12. The lowest BCUT2D eigenvalue weighted by atomic mass is 10.2. The number of hydrogen-bond acceptors (Lipinski definition) is 6. The lowest BCUT2D eigenvalue weighted by molar-refractivity contribution is 0.739. The van der Waals surface area contributed by atoms with Crippen molar-refractivity contribution in [1.29, 1.82) is 0 Å². The predicted molar refractivity (Wildman–Crippen MR) is 82.7 cm³/mol. The predicted octanol–water partition coefficient (Wildman–Crippen LogP) is 3.23. The largest absolute Gasteiger partial charge is 0.368 e. The van der Waals surface area contributed by atoms with Crippen LogP contribution < -0.4 is 11.1 Å². The van der Waals surface area contributed by atoms with E-state index in [1.165, 1.54) is 0 Å². The van der Waals surface area contributed by atoms with E-state index in [4.69, 9.17) is 5.73 Å². The van der Waals surface area contributed by atoms with Crippen molar-refractivity contribution in [2.45, 2.75) is 19.4 Å². The van der Waals surface area contributed by atoms with Gasteiger partial charge in [-0.15, -0.1) is 11.3 Å². The second-order valence-corrected chi connectivity index (χ2v) is 5.35. The molecule has 0 radical (unpaired) electrons. The van der Waals surface area contributed by atoms with Gasteiger partial charge in [0, 0.05) is 17.0 Å². The van der Waals surface area contributed by atoms with Gasteiger partial charge in [-0.1, -0.05) is 19.1 Å². The quantitative estimate of drug-likeness (QED) is 0.769. The fourth-order valence-electron chi connectivity index (χ4n) is 2.11. The summed E-state index contributed by atoms with van der Waals surface area (Å²) in [6.07, 6.45) is 2.74. The van der Waals surface area contributed by atoms with Crippen LogP contribution in [0.5, 0.6) is 0 Å². The molecule has 20 heavy (non-hydrogen) atoms. The molecule has 0 aliphatic heterocycles. The molecule has 3 N–H and O–H groups in total. The van der Waals surface area contributed by atoms with Gasteiger partial charge in [-0.3, -0.25) is 0 Å². The maximum Gasteiger partial charge on any atom is 0.222 e. The Balaban J connectivity index is 2.01. The number of anilines is 2. The molecule has 0 fully saturated rings. The summed E-state index contributed by atoms with van der Waals surface area (Å²) >= 11 is 1.64. The molecule has 3 rings (SSSR count). The number of para-hydroxylation sites is 1. The molecule has 1 unspecified atom stereocenters. The zero-order valence-electron chi connectivity index (χ0n) is 11.1. The summed E-state index contributed by atoms with van der Waals surface area (Å²) < 4.78 is 0. The van der Waals surface area contributed by atoms with Crippen LogP contribution in [0.25, 0.3) is 10.9 Å². The maximum absolute atomic E-state index is 5.79. The molecule has 1 aromatic carbocycles. The average Bonchev–Trinajstić information content (AvgIpc) is 2.98. The smallest absolute Gasteiger partial charge is 0.222 e. The van der Waals surface area contributed by atoms with Gasteiger partial charge in [0.15, 0.2) is 0 Å². The topological polar surface area (TPSA) is 76.7 Å². The molecule has 0 saturated carbocycles. The van der Waals surface area contributed by atoms with Crippen molar-refractivity contribution in [3.8, 4) is 0 Å². The summed E-state index contributed by atoms with van der Waals surface area (Å²) in [7, 11) is 0. The average molecular weight is 285 g/mol. The third kappa shape index (κ3) is 2.42. The Kier molecular flexibility index (Phi) is 3.47. The number of aromatic nitrogens is 3. The van der Waals surface area contributed by atoms with E-state index < -0.39 is 0 Å². The van der Waals surface area contributed by atoms with Crippen LogP contribution in [0.2, 0.25) is 0 Å². The summed E-state index contributed by atoms with van der Waals surface area (Å²) in [5.41, 5.74) is 6.63. The van der Waals surface area contributed by atoms with Crippen molar-refractivity contribution in [3.05, 3.63) is 40.8 Å². The summed E-state index contributed by atoms with van der Waals surface area (Å²) in [6, 6.07) is 7.97. The molecule has 0 saturated heterocycles. The monoisotopic (exact) mass is 285 g/mol. The van der Waals surface area contributed by atoms with Crippen LogP contribution in [0.1, 0.15) is 24.4 Å². The van der Waals surface area contributed by atoms with Crippen molar-refractivity contribution in [2.75, 3.05) is 11.1 Å². The number of hydrogen-bond donors (Lipinski definition) is 2. The van der Waals surface area contributed by atoms with Gasteiger partial charge in [0.1, 0.15) is 10.8 Å². The van der Waals surface area contributed by atoms with Gasteiger partial charge in [0.25, 0.3) is 0 Å². The number of nitrogens with two attached hydrogens (primary N) is 1. The molecule has 2 aromatic heterocycles. The molecule has 5 nitrogen and oxygen atoms in total. The summed E-state index contributed by atoms with van der Waals surface area (Å²) in [5.74, 6) is 1.04. The molecule has 1 atom stereocenters. The van der Waals surface area contributed by atoms with Gasteiger partial charge in [-0.25, -0.2) is 9.97 Å². The Bertz CT molecular complexity index is 711. The van der Waals surface area contributed by atoms with Gasteiger partial charge in [-0.2, -0.15) is 4.98 Å². The van der Waals surface area contributed by atoms with Crippen molar-refractivity contribution in [3.63, 3.8) is 0 Å². The number of nitrogens with one attached hydrogen (secondary N) is 1. The van der Waals surface area contributed by atoms with E-state index in [2.05, 4.69) is 27.2 Å². The van der Waals surface area contributed by atoms with Crippen LogP contribution in [0, 0.1) is 0 Å². The first-order chi connectivity index (χ1) is 9.78. The van der Waals surface area contributed by atoms with Crippen molar-refractivity contribution in [2.24, 2.45) is 0 Å². The number of rotatable bonds is 4. The second kappa shape index (κ2) is 5.42. The van der Waals surface area contributed by atoms with Gasteiger partial charge in [0.05, 0.1) is 11.6 Å². The van der Waals surface area contributed by atoms with E-state index in [1.807, 2.05) is 35.8 Å². The molecular formula is C14H15N5S. The number of fused-ring (bicyclic) bond motifs is 1. The number of benzene rings is 1. The van der Waals surface area contributed by atoms with Crippen LogP contribution in [0.15, 0.2) is 35.8 Å². The molecule has 2 heterocycles. The normalized spacial score (nSPS) is 12.4. The maximum atomic E-state index is 5.79. The summed E-state index contributed by atoms with van der Waals surface area (Å²) in [4.78, 5) is 12.9. The van der Waals surface area contributed by atoms with Gasteiger partial charge < -0.3 is 11.1 Å². The molecule has 0 spiro atoms. The van der Waals surface area contributed by atoms with E-state index >= 15 is 0 Å². The van der Waals surface area contributed by atoms with Crippen molar-refractivity contribution in [1.82, 2.24) is 15.0 Å². The molecule has 0 amide bonds. The van der Waals surface area contributed by atoms with Crippen LogP contribution in [-0.4, -0.2) is 15.0 Å². The van der Waals surface area contributed by atoms with Crippen LogP contribution in [-0.2, 0) is 0 Å². The van der Waals surface area contributed by atoms with Crippen LogP contribution in [0.3, 0.4) is 0 Å². The summed E-state index contributed by atoms with van der Waals surface area (Å²) in [5, 5.41) is 7.43.